The molecule has 0 bridgehead atoms. The van der Waals surface area contributed by atoms with Crippen LogP contribution in [-0.2, 0) is 25.7 Å². The van der Waals surface area contributed by atoms with E-state index in [1.807, 2.05) is 0 Å². The standard InChI is InChI=1S/C70H134O/c1-5-9-13-17-21-25-29-33-37-41-45-49-53-57-61-66-65-70(71)69(64-60-56-52-48-44-40-36-32-28-24-20-16-12-8-4)68(63-59-55-51-47-43-39-35-31-27-23-19-15-11-7-3)67(66)62-58-54-50-46-42-38-34-30-26-22-18-14-10-6-2/h65,71H,5-64H2,1-4H3. The first-order valence-electron chi connectivity index (χ1n) is 34.0. The summed E-state index contributed by atoms with van der Waals surface area (Å²) in [6.07, 6.45) is 84.0. The first-order chi connectivity index (χ1) is 35.2. The molecule has 0 aliphatic carbocycles. The van der Waals surface area contributed by atoms with E-state index >= 15 is 0 Å². The summed E-state index contributed by atoms with van der Waals surface area (Å²) in [6, 6.07) is 2.30. The van der Waals surface area contributed by atoms with Gasteiger partial charge in [-0.3, -0.25) is 0 Å². The summed E-state index contributed by atoms with van der Waals surface area (Å²) >= 11 is 0. The van der Waals surface area contributed by atoms with E-state index in [1.165, 1.54) is 390 Å². The van der Waals surface area contributed by atoms with Gasteiger partial charge in [-0.05, 0) is 79.7 Å². The molecule has 1 aromatic rings. The predicted molar refractivity (Wildman–Crippen MR) is 324 cm³/mol. The van der Waals surface area contributed by atoms with Crippen LogP contribution in [0.5, 0.6) is 5.75 Å². The second-order valence-corrected chi connectivity index (χ2v) is 23.9. The third-order valence-electron chi connectivity index (χ3n) is 16.9. The number of benzene rings is 1. The number of phenolic OH excluding ortho intramolecular Hbond substituents is 1. The maximum absolute atomic E-state index is 11.9. The molecule has 71 heavy (non-hydrogen) atoms. The molecule has 0 saturated heterocycles. The van der Waals surface area contributed by atoms with Crippen LogP contribution < -0.4 is 0 Å². The normalized spacial score (nSPS) is 11.7. The van der Waals surface area contributed by atoms with Crippen molar-refractivity contribution in [3.8, 4) is 5.75 Å². The fourth-order valence-corrected chi connectivity index (χ4v) is 12.0. The summed E-state index contributed by atoms with van der Waals surface area (Å²) in [5, 5.41) is 11.9. The lowest BCUT2D eigenvalue weighted by Crippen LogP contribution is -2.07. The quantitative estimate of drug-likeness (QED) is 0.0645. The number of aryl methyl sites for hydroxylation is 1. The van der Waals surface area contributed by atoms with Crippen molar-refractivity contribution >= 4 is 0 Å². The van der Waals surface area contributed by atoms with Gasteiger partial charge in [-0.2, -0.15) is 0 Å². The number of phenols is 1. The molecule has 0 heterocycles. The second kappa shape index (κ2) is 56.7. The van der Waals surface area contributed by atoms with Crippen LogP contribution in [0.15, 0.2) is 6.07 Å². The molecule has 0 aromatic heterocycles. The van der Waals surface area contributed by atoms with Gasteiger partial charge in [0.15, 0.2) is 0 Å². The minimum Gasteiger partial charge on any atom is -0.508 e. The molecule has 0 fully saturated rings. The van der Waals surface area contributed by atoms with Crippen molar-refractivity contribution in [2.45, 2.75) is 413 Å². The Morgan fingerprint density at radius 3 is 0.592 bits per heavy atom. The van der Waals surface area contributed by atoms with Gasteiger partial charge in [0, 0.05) is 0 Å². The molecule has 0 atom stereocenters. The maximum Gasteiger partial charge on any atom is 0.119 e. The van der Waals surface area contributed by atoms with Gasteiger partial charge < -0.3 is 5.11 Å². The number of aromatic hydroxyl groups is 1. The minimum atomic E-state index is 0.658. The van der Waals surface area contributed by atoms with Gasteiger partial charge in [0.1, 0.15) is 5.75 Å². The van der Waals surface area contributed by atoms with Crippen molar-refractivity contribution in [3.63, 3.8) is 0 Å². The lowest BCUT2D eigenvalue weighted by molar-refractivity contribution is 0.461. The van der Waals surface area contributed by atoms with Gasteiger partial charge in [-0.25, -0.2) is 0 Å². The van der Waals surface area contributed by atoms with Crippen LogP contribution in [0.2, 0.25) is 0 Å². The Labute approximate surface area is 450 Å². The molecule has 420 valence electrons. The highest BCUT2D eigenvalue weighted by molar-refractivity contribution is 5.50. The fraction of sp³-hybridized carbons (Fsp3) is 0.914. The zero-order valence-electron chi connectivity index (χ0n) is 50.0. The third kappa shape index (κ3) is 45.0. The van der Waals surface area contributed by atoms with Gasteiger partial charge in [0.05, 0.1) is 0 Å². The average Bonchev–Trinajstić information content (AvgIpc) is 3.37. The molecule has 0 spiro atoms. The van der Waals surface area contributed by atoms with Crippen molar-refractivity contribution in [3.05, 3.63) is 28.3 Å². The highest BCUT2D eigenvalue weighted by Gasteiger charge is 2.18. The Kier molecular flexibility index (Phi) is 54.4. The van der Waals surface area contributed by atoms with E-state index in [0.717, 1.165) is 6.42 Å². The van der Waals surface area contributed by atoms with Gasteiger partial charge in [0.25, 0.3) is 0 Å². The summed E-state index contributed by atoms with van der Waals surface area (Å²) in [6.45, 7) is 9.29. The molecule has 1 heteroatoms. The molecule has 1 N–H and O–H groups in total. The highest BCUT2D eigenvalue weighted by Crippen LogP contribution is 2.34. The van der Waals surface area contributed by atoms with E-state index in [4.69, 9.17) is 0 Å². The molecule has 1 nitrogen and oxygen atoms in total. The Bertz CT molecular complexity index is 1170. The van der Waals surface area contributed by atoms with Crippen LogP contribution >= 0.6 is 0 Å². The number of hydrogen-bond acceptors (Lipinski definition) is 1. The molecule has 0 unspecified atom stereocenters. The third-order valence-corrected chi connectivity index (χ3v) is 16.9. The predicted octanol–water partition coefficient (Wildman–Crippen LogP) is 25.5. The summed E-state index contributed by atoms with van der Waals surface area (Å²) in [5.41, 5.74) is 6.21. The van der Waals surface area contributed by atoms with Crippen LogP contribution in [0.3, 0.4) is 0 Å². The summed E-state index contributed by atoms with van der Waals surface area (Å²) in [7, 11) is 0. The van der Waals surface area contributed by atoms with Crippen LogP contribution in [0.25, 0.3) is 0 Å². The Hall–Kier alpha value is -0.980. The van der Waals surface area contributed by atoms with Crippen molar-refractivity contribution in [2.24, 2.45) is 0 Å². The molecule has 0 radical (unpaired) electrons. The first kappa shape index (κ1) is 68.0. The second-order valence-electron chi connectivity index (χ2n) is 23.9. The monoisotopic (exact) mass is 991 g/mol. The topological polar surface area (TPSA) is 20.2 Å². The van der Waals surface area contributed by atoms with Crippen LogP contribution in [0, 0.1) is 0 Å². The van der Waals surface area contributed by atoms with E-state index in [-0.39, 0.29) is 0 Å². The zero-order valence-corrected chi connectivity index (χ0v) is 50.0. The fourth-order valence-electron chi connectivity index (χ4n) is 12.0. The van der Waals surface area contributed by atoms with E-state index in [0.29, 0.717) is 5.75 Å². The zero-order chi connectivity index (χ0) is 51.0. The van der Waals surface area contributed by atoms with Crippen molar-refractivity contribution < 1.29 is 5.11 Å². The van der Waals surface area contributed by atoms with E-state index in [2.05, 4.69) is 33.8 Å². The van der Waals surface area contributed by atoms with Crippen LogP contribution in [-0.4, -0.2) is 5.11 Å². The highest BCUT2D eigenvalue weighted by atomic mass is 16.3. The lowest BCUT2D eigenvalue weighted by atomic mass is 9.85. The largest absolute Gasteiger partial charge is 0.508 e. The number of hydrogen-bond donors (Lipinski definition) is 1. The van der Waals surface area contributed by atoms with Crippen molar-refractivity contribution in [2.75, 3.05) is 0 Å². The molecular weight excluding hydrogens is 857 g/mol. The number of unbranched alkanes of at least 4 members (excludes halogenated alkanes) is 52. The van der Waals surface area contributed by atoms with Gasteiger partial charge in [0.2, 0.25) is 0 Å². The lowest BCUT2D eigenvalue weighted by Gasteiger charge is -2.21. The smallest absolute Gasteiger partial charge is 0.119 e. The van der Waals surface area contributed by atoms with Crippen molar-refractivity contribution in [1.29, 1.82) is 0 Å². The van der Waals surface area contributed by atoms with Crippen molar-refractivity contribution in [1.82, 2.24) is 0 Å². The summed E-state index contributed by atoms with van der Waals surface area (Å²) in [4.78, 5) is 0. The van der Waals surface area contributed by atoms with Gasteiger partial charge in [-0.1, -0.05) is 362 Å². The maximum atomic E-state index is 11.9. The van der Waals surface area contributed by atoms with Gasteiger partial charge >= 0.3 is 0 Å². The van der Waals surface area contributed by atoms with E-state index in [1.54, 1.807) is 11.1 Å². The molecule has 1 aromatic carbocycles. The minimum absolute atomic E-state index is 0.658. The Balaban J connectivity index is 2.84. The molecule has 0 amide bonds. The SMILES string of the molecule is CCCCCCCCCCCCCCCCc1cc(O)c(CCCCCCCCCCCCCCCC)c(CCCCCCCCCCCCCCCC)c1CCCCCCCCCCCCCCCC. The van der Waals surface area contributed by atoms with Gasteiger partial charge in [-0.15, -0.1) is 0 Å². The number of rotatable bonds is 60. The molecule has 0 saturated carbocycles. The first-order valence-corrected chi connectivity index (χ1v) is 34.0. The summed E-state index contributed by atoms with van der Waals surface area (Å²) < 4.78 is 0. The van der Waals surface area contributed by atoms with Crippen LogP contribution in [0.4, 0.5) is 0 Å². The molecule has 1 rings (SSSR count). The van der Waals surface area contributed by atoms with Crippen LogP contribution in [0.1, 0.15) is 410 Å². The van der Waals surface area contributed by atoms with E-state index in [9.17, 15) is 5.11 Å². The Morgan fingerprint density at radius 2 is 0.366 bits per heavy atom. The molecule has 0 aliphatic rings. The summed E-state index contributed by atoms with van der Waals surface area (Å²) in [5.74, 6) is 0.658. The Morgan fingerprint density at radius 1 is 0.197 bits per heavy atom. The molecule has 0 aliphatic heterocycles. The van der Waals surface area contributed by atoms with E-state index < -0.39 is 0 Å². The molecular formula is C70H134O. The average molecular weight is 992 g/mol.